The Bertz CT molecular complexity index is 7410. The number of hydrogen-bond donors (Lipinski definition) is 3. The molecule has 0 aliphatic carbocycles. The molecule has 0 radical (unpaired) electrons. The molecule has 18 rings (SSSR count). The summed E-state index contributed by atoms with van der Waals surface area (Å²) in [6, 6.07) is 62.8. The zero-order chi connectivity index (χ0) is 93.0. The summed E-state index contributed by atoms with van der Waals surface area (Å²) in [6.45, 7) is 8.64. The van der Waals surface area contributed by atoms with Gasteiger partial charge in [-0.2, -0.15) is 0 Å². The number of nitrogens with one attached hydrogen (secondary N) is 3. The Kier molecular flexibility index (Phi) is 26.5. The zero-order valence-corrected chi connectivity index (χ0v) is 75.9. The van der Waals surface area contributed by atoms with Crippen molar-refractivity contribution in [2.24, 2.45) is 28.2 Å². The Morgan fingerprint density at radius 2 is 0.573 bits per heavy atom. The number of aromatic nitrogens is 4. The summed E-state index contributed by atoms with van der Waals surface area (Å²) in [5.74, 6) is 0.176. The van der Waals surface area contributed by atoms with Crippen LogP contribution < -0.4 is 56.0 Å². The number of para-hydroxylation sites is 4. The first-order chi connectivity index (χ1) is 62.7. The van der Waals surface area contributed by atoms with Crippen LogP contribution in [0.5, 0.6) is 0 Å². The Morgan fingerprint density at radius 3 is 0.885 bits per heavy atom. The monoisotopic (exact) mass is 1850 g/mol. The van der Waals surface area contributed by atoms with Gasteiger partial charge in [0.25, 0.3) is 65.9 Å². The average molecular weight is 1860 g/mol. The SMILES string of the molecule is Cc1ccc(S(=O)(=O)Nc2c(N3CCN(C(=O)c4ccco4)CC3)c3ccccc3n(C)c2=O)cc1.Cn1c(=O)c(NS(=O)(=O)c2ccccc2)c(N2CCN(C(=O)c3ccco3)CC2)c2ccccc21.Cn1c(=O)c(NS(C)(=O)=O)c(N2CCN(C(=O)c3ccccc3)CC2)c2ccccc21.Cn1c(=O)c(S(C)(=O)=O)c(N2CCN(C(=O)c3ccco3)CC2)c2ccccc21. The quantitative estimate of drug-likeness (QED) is 0.0763. The number of aryl methyl sites for hydroxylation is 5. The van der Waals surface area contributed by atoms with Crippen molar-refractivity contribution in [1.29, 1.82) is 0 Å². The first-order valence-corrected chi connectivity index (χ1v) is 48.6. The van der Waals surface area contributed by atoms with E-state index in [-0.39, 0.29) is 72.7 Å². The van der Waals surface area contributed by atoms with Crippen molar-refractivity contribution in [3.63, 3.8) is 0 Å². The first kappa shape index (κ1) is 91.3. The molecule has 4 amide bonds. The lowest BCUT2D eigenvalue weighted by Gasteiger charge is -2.37. The van der Waals surface area contributed by atoms with Gasteiger partial charge in [0.1, 0.15) is 17.1 Å². The number of fused-ring (bicyclic) bond motifs is 4. The maximum absolute atomic E-state index is 13.5. The topological polar surface area (TPSA) is 394 Å². The number of sulfonamides is 3. The maximum Gasteiger partial charge on any atom is 0.289 e. The molecule has 38 heteroatoms. The van der Waals surface area contributed by atoms with Crippen LogP contribution >= 0.6 is 0 Å². The van der Waals surface area contributed by atoms with Gasteiger partial charge in [-0.3, -0.25) is 52.5 Å². The van der Waals surface area contributed by atoms with Crippen molar-refractivity contribution in [2.45, 2.75) is 21.6 Å². The summed E-state index contributed by atoms with van der Waals surface area (Å²) in [5.41, 5.74) is 4.43. The molecular formula is C93H95N15O19S4. The van der Waals surface area contributed by atoms with Crippen LogP contribution in [0.2, 0.25) is 0 Å². The minimum absolute atomic E-state index is 0.0115. The van der Waals surface area contributed by atoms with Gasteiger partial charge in [0.05, 0.1) is 79.7 Å². The Labute approximate surface area is 754 Å². The molecular weight excluding hydrogens is 1760 g/mol. The second-order valence-electron chi connectivity index (χ2n) is 31.8. The summed E-state index contributed by atoms with van der Waals surface area (Å²) in [7, 11) is -9.01. The molecule has 34 nitrogen and oxygen atoms in total. The third kappa shape index (κ3) is 19.3. The van der Waals surface area contributed by atoms with E-state index in [9.17, 15) is 72.0 Å². The standard InChI is InChI=1S/C26H26N4O5S.C25H24N4O5S.C22H24N4O4S.C20H21N3O5S/c1-18-9-11-19(12-10-18)36(33,34)27-23-24(20-6-3-4-7-21(20)28(2)26(23)32)29-13-15-30(16-14-29)25(31)22-8-5-17-35-22;1-27-20-11-6-5-10-19(20)23(22(25(27)31)26-35(32,33)18-8-3-2-4-9-18)28-13-15-29(16-14-28)24(30)21-12-7-17-34-21;1-24-18-11-7-6-10-17(18)20(19(22(24)28)23-31(2,29)30)25-12-14-26(15-13-25)21(27)16-8-4-3-5-9-16;1-21-15-7-4-3-6-14(15)17(18(20(21)25)29(2,26)27)22-9-11-23(12-10-22)19(24)16-8-5-13-28-16/h3-12,17,27H,13-16H2,1-2H3;2-12,17,26H,13-16H2,1H3;3-11,23H,12-15H2,1-2H3;3-8,13H,9-12H2,1-2H3. The summed E-state index contributed by atoms with van der Waals surface area (Å²) in [6.07, 6.45) is 6.45. The van der Waals surface area contributed by atoms with E-state index < -0.39 is 62.1 Å². The van der Waals surface area contributed by atoms with Crippen LogP contribution in [0.15, 0.2) is 284 Å². The number of pyridine rings is 4. The molecule has 11 heterocycles. The Hall–Kier alpha value is -14.5. The number of hydrogen-bond acceptors (Lipinski definition) is 23. The van der Waals surface area contributed by atoms with Crippen LogP contribution in [-0.2, 0) is 68.1 Å². The fourth-order valence-corrected chi connectivity index (χ4v) is 20.4. The van der Waals surface area contributed by atoms with Crippen LogP contribution in [-0.4, -0.2) is 212 Å². The second kappa shape index (κ2) is 38.0. The highest BCUT2D eigenvalue weighted by Gasteiger charge is 2.36. The second-order valence-corrected chi connectivity index (χ2v) is 38.8. The predicted octanol–water partition coefficient (Wildman–Crippen LogP) is 9.47. The summed E-state index contributed by atoms with van der Waals surface area (Å²) >= 11 is 0. The molecule has 0 unspecified atom stereocenters. The molecule has 680 valence electrons. The molecule has 0 spiro atoms. The van der Waals surface area contributed by atoms with Crippen LogP contribution in [0.3, 0.4) is 0 Å². The highest BCUT2D eigenvalue weighted by Crippen LogP contribution is 2.39. The van der Waals surface area contributed by atoms with Gasteiger partial charge < -0.3 is 70.7 Å². The minimum atomic E-state index is -4.02. The van der Waals surface area contributed by atoms with Crippen LogP contribution in [0.4, 0.5) is 39.8 Å². The fourth-order valence-electron chi connectivity index (χ4n) is 16.7. The zero-order valence-electron chi connectivity index (χ0n) is 72.6. The van der Waals surface area contributed by atoms with E-state index in [2.05, 4.69) is 14.2 Å². The smallest absolute Gasteiger partial charge is 0.289 e. The lowest BCUT2D eigenvalue weighted by Crippen LogP contribution is -2.49. The highest BCUT2D eigenvalue weighted by atomic mass is 32.2. The molecule has 131 heavy (non-hydrogen) atoms. The number of piperazine rings is 4. The summed E-state index contributed by atoms with van der Waals surface area (Å²) < 4.78 is 131. The number of anilines is 7. The van der Waals surface area contributed by atoms with Crippen molar-refractivity contribution >= 4 is 147 Å². The predicted molar refractivity (Wildman–Crippen MR) is 503 cm³/mol. The van der Waals surface area contributed by atoms with Gasteiger partial charge in [-0.15, -0.1) is 0 Å². The van der Waals surface area contributed by atoms with Crippen LogP contribution in [0.25, 0.3) is 43.6 Å². The molecule has 0 atom stereocenters. The third-order valence-electron chi connectivity index (χ3n) is 23.3. The van der Waals surface area contributed by atoms with Gasteiger partial charge in [-0.1, -0.05) is 127 Å². The molecule has 14 aromatic rings. The van der Waals surface area contributed by atoms with Crippen molar-refractivity contribution in [3.8, 4) is 0 Å². The van der Waals surface area contributed by atoms with E-state index in [1.54, 1.807) is 133 Å². The fraction of sp³-hybridized carbons (Fsp3) is 0.247. The number of carbonyl (C=O) groups excluding carboxylic acids is 4. The first-order valence-electron chi connectivity index (χ1n) is 41.8. The van der Waals surface area contributed by atoms with Gasteiger partial charge in [-0.25, -0.2) is 33.7 Å². The van der Waals surface area contributed by atoms with Gasteiger partial charge in [0.2, 0.25) is 10.0 Å². The molecule has 7 aromatic carbocycles. The Morgan fingerprint density at radius 1 is 0.298 bits per heavy atom. The Balaban J connectivity index is 0.000000134. The number of benzene rings is 7. The van der Waals surface area contributed by atoms with E-state index in [1.165, 1.54) is 61.3 Å². The number of carbonyl (C=O) groups is 4. The van der Waals surface area contributed by atoms with E-state index in [4.69, 9.17) is 13.3 Å². The lowest BCUT2D eigenvalue weighted by molar-refractivity contribution is 0.0708. The van der Waals surface area contributed by atoms with Crippen molar-refractivity contribution in [1.82, 2.24) is 37.9 Å². The number of furan rings is 3. The van der Waals surface area contributed by atoms with E-state index in [0.717, 1.165) is 34.2 Å². The van der Waals surface area contributed by atoms with Gasteiger partial charge in [0.15, 0.2) is 32.0 Å². The van der Waals surface area contributed by atoms with E-state index in [0.29, 0.717) is 160 Å². The van der Waals surface area contributed by atoms with Gasteiger partial charge in [0, 0.05) is 166 Å². The van der Waals surface area contributed by atoms with E-state index >= 15 is 0 Å². The summed E-state index contributed by atoms with van der Waals surface area (Å²) in [5, 5.41) is 2.96. The number of rotatable bonds is 17. The molecule has 4 aliphatic rings. The normalized spacial score (nSPS) is 14.6. The molecule has 0 saturated carbocycles. The van der Waals surface area contributed by atoms with Gasteiger partial charge >= 0.3 is 0 Å². The third-order valence-corrected chi connectivity index (χ3v) is 27.7. The molecule has 7 aromatic heterocycles. The summed E-state index contributed by atoms with van der Waals surface area (Å²) in [4.78, 5) is 118. The molecule has 0 bridgehead atoms. The van der Waals surface area contributed by atoms with Crippen molar-refractivity contribution < 1.29 is 66.1 Å². The molecule has 4 aliphatic heterocycles. The average Bonchev–Trinajstić information content (AvgIpc) is 0.984. The molecule has 4 saturated heterocycles. The number of amides is 4. The van der Waals surface area contributed by atoms with Crippen LogP contribution in [0, 0.1) is 6.92 Å². The number of nitrogens with zero attached hydrogens (tertiary/aromatic N) is 12. The molecule has 4 fully saturated rings. The van der Waals surface area contributed by atoms with Gasteiger partial charge in [-0.05, 0) is 104 Å². The highest BCUT2D eigenvalue weighted by molar-refractivity contribution is 7.93. The van der Waals surface area contributed by atoms with Crippen molar-refractivity contribution in [2.75, 3.05) is 151 Å². The number of sulfone groups is 1. The molecule has 3 N–H and O–H groups in total. The largest absolute Gasteiger partial charge is 0.459 e. The van der Waals surface area contributed by atoms with Crippen LogP contribution in [0.1, 0.15) is 47.6 Å². The maximum atomic E-state index is 13.5. The van der Waals surface area contributed by atoms with E-state index in [1.807, 2.05) is 136 Å². The lowest BCUT2D eigenvalue weighted by atomic mass is 10.1. The van der Waals surface area contributed by atoms with Crippen molar-refractivity contribution in [3.05, 3.63) is 307 Å². The minimum Gasteiger partial charge on any atom is -0.459 e.